The van der Waals surface area contributed by atoms with Gasteiger partial charge in [-0.25, -0.2) is 0 Å². The van der Waals surface area contributed by atoms with Crippen LogP contribution in [0.5, 0.6) is 5.75 Å². The van der Waals surface area contributed by atoms with Gasteiger partial charge in [-0.2, -0.15) is 0 Å². The number of methoxy groups -OCH3 is 1. The number of nitrogens with one attached hydrogen (secondary N) is 1. The lowest BCUT2D eigenvalue weighted by Crippen LogP contribution is -2.60. The molecule has 6 N–H and O–H groups in total. The quantitative estimate of drug-likeness (QED) is 0.135. The number of amides is 2. The molecule has 13 heteroatoms. The van der Waals surface area contributed by atoms with E-state index in [9.17, 15) is 35.1 Å². The van der Waals surface area contributed by atoms with Gasteiger partial charge in [0.2, 0.25) is 5.91 Å². The van der Waals surface area contributed by atoms with Gasteiger partial charge in [0.25, 0.3) is 5.91 Å². The molecule has 3 aromatic carbocycles. The highest BCUT2D eigenvalue weighted by Crippen LogP contribution is 2.46. The summed E-state index contributed by atoms with van der Waals surface area (Å²) in [6.07, 6.45) is -7.61. The Morgan fingerprint density at radius 2 is 1.56 bits per heavy atom. The van der Waals surface area contributed by atoms with E-state index < -0.39 is 44.7 Å². The van der Waals surface area contributed by atoms with E-state index in [1.165, 1.54) is 5.19 Å². The van der Waals surface area contributed by atoms with E-state index in [-0.39, 0.29) is 49.1 Å². The zero-order valence-electron chi connectivity index (χ0n) is 30.2. The molecule has 12 nitrogen and oxygen atoms in total. The molecular weight excluding hydrogens is 685 g/mol. The molecule has 2 saturated heterocycles. The topological polar surface area (TPSA) is 178 Å². The van der Waals surface area contributed by atoms with Crippen LogP contribution < -0.4 is 15.2 Å². The fourth-order valence-electron chi connectivity index (χ4n) is 7.77. The number of benzene rings is 3. The molecule has 2 amide bonds. The predicted octanol–water partition coefficient (Wildman–Crippen LogP) is 2.17. The zero-order valence-corrected chi connectivity index (χ0v) is 31.2. The molecule has 52 heavy (non-hydrogen) atoms. The minimum Gasteiger partial charge on any atom is -0.497 e. The van der Waals surface area contributed by atoms with E-state index in [0.29, 0.717) is 25.1 Å². The lowest BCUT2D eigenvalue weighted by molar-refractivity contribution is -0.274. The molecule has 0 spiro atoms. The normalized spacial score (nSPS) is 27.6. The van der Waals surface area contributed by atoms with Crippen LogP contribution >= 0.6 is 0 Å². The molecule has 282 valence electrons. The van der Waals surface area contributed by atoms with E-state index >= 15 is 0 Å². The maximum atomic E-state index is 13.9. The average Bonchev–Trinajstić information content (AvgIpc) is 3.46. The van der Waals surface area contributed by atoms with Crippen molar-refractivity contribution >= 4 is 30.8 Å². The van der Waals surface area contributed by atoms with Crippen LogP contribution in [-0.4, -0.2) is 113 Å². The summed E-state index contributed by atoms with van der Waals surface area (Å²) in [6, 6.07) is 25.2. The predicted molar refractivity (Wildman–Crippen MR) is 198 cm³/mol. The second-order valence-electron chi connectivity index (χ2n) is 14.4. The number of aliphatic hydroxyl groups is 5. The Hall–Kier alpha value is -3.66. The van der Waals surface area contributed by atoms with E-state index in [4.69, 9.17) is 14.2 Å². The zero-order chi connectivity index (χ0) is 37.6. The number of anilines is 1. The van der Waals surface area contributed by atoms with Gasteiger partial charge >= 0.3 is 0 Å². The Labute approximate surface area is 306 Å². The SMILES string of the molecule is COc1ccc([Si](C)(C)[C@@H]2[C@@H](C)[C@@H](CCc3cccc(NC(=O)[C@H]4O[C@@H](O)[C@H](O)[C@@H](O)[C@@H]4O)c3)O[C@H]2CC(=O)N(CCO)Cc2ccccc2)cc1. The monoisotopic (exact) mass is 736 g/mol. The summed E-state index contributed by atoms with van der Waals surface area (Å²) in [5, 5.41) is 53.6. The van der Waals surface area contributed by atoms with Gasteiger partial charge in [-0.3, -0.25) is 9.59 Å². The van der Waals surface area contributed by atoms with Crippen LogP contribution in [0.1, 0.15) is 30.9 Å². The molecule has 2 aliphatic rings. The average molecular weight is 737 g/mol. The highest BCUT2D eigenvalue weighted by atomic mass is 28.3. The number of nitrogens with zero attached hydrogens (tertiary/aromatic N) is 1. The molecule has 2 aliphatic heterocycles. The van der Waals surface area contributed by atoms with E-state index in [1.54, 1.807) is 30.2 Å². The molecule has 0 radical (unpaired) electrons. The largest absolute Gasteiger partial charge is 0.497 e. The van der Waals surface area contributed by atoms with Crippen LogP contribution in [0.15, 0.2) is 78.9 Å². The maximum absolute atomic E-state index is 13.9. The van der Waals surface area contributed by atoms with Gasteiger partial charge in [-0.05, 0) is 59.7 Å². The van der Waals surface area contributed by atoms with Gasteiger partial charge in [-0.15, -0.1) is 0 Å². The summed E-state index contributed by atoms with van der Waals surface area (Å²) in [6.45, 7) is 7.35. The highest BCUT2D eigenvalue weighted by Gasteiger charge is 2.51. The van der Waals surface area contributed by atoms with Crippen LogP contribution in [0.25, 0.3) is 0 Å². The van der Waals surface area contributed by atoms with E-state index in [2.05, 4.69) is 37.5 Å². The van der Waals surface area contributed by atoms with Crippen molar-refractivity contribution in [1.29, 1.82) is 0 Å². The summed E-state index contributed by atoms with van der Waals surface area (Å²) in [5.74, 6) is 0.0728. The van der Waals surface area contributed by atoms with Crippen LogP contribution in [0.4, 0.5) is 5.69 Å². The molecule has 0 aliphatic carbocycles. The maximum Gasteiger partial charge on any atom is 0.256 e. The Morgan fingerprint density at radius 1 is 0.865 bits per heavy atom. The van der Waals surface area contributed by atoms with Gasteiger partial charge in [0.15, 0.2) is 12.4 Å². The molecule has 9 atom stereocenters. The first-order valence-corrected chi connectivity index (χ1v) is 20.9. The lowest BCUT2D eigenvalue weighted by Gasteiger charge is -2.37. The molecular formula is C39H52N2O10Si. The van der Waals surface area contributed by atoms with E-state index in [1.807, 2.05) is 48.5 Å². The first kappa shape index (κ1) is 39.5. The minimum atomic E-state index is -2.25. The van der Waals surface area contributed by atoms with Gasteiger partial charge in [0.05, 0.1) is 40.4 Å². The van der Waals surface area contributed by atoms with Crippen LogP contribution in [-0.2, 0) is 32.0 Å². The molecule has 0 bridgehead atoms. The van der Waals surface area contributed by atoms with Crippen molar-refractivity contribution in [2.75, 3.05) is 25.6 Å². The Balaban J connectivity index is 1.31. The van der Waals surface area contributed by atoms with Crippen molar-refractivity contribution in [3.8, 4) is 5.75 Å². The number of carbonyl (C=O) groups excluding carboxylic acids is 2. The number of hydrogen-bond donors (Lipinski definition) is 6. The Morgan fingerprint density at radius 3 is 2.23 bits per heavy atom. The molecule has 5 rings (SSSR count). The number of aryl methyl sites for hydroxylation is 1. The smallest absolute Gasteiger partial charge is 0.256 e. The standard InChI is InChI=1S/C39H52N2O10Si/c1-24-30(18-13-25-11-8-12-27(21-25)40-38(47)36-34(45)33(44)35(46)39(48)51-36)50-31(37(24)52(3,4)29-16-14-28(49-2)15-17-29)22-32(43)41(19-20-42)23-26-9-6-5-7-10-26/h5-12,14-17,21,24,30-31,33-37,39,42,44-46,48H,13,18-20,22-23H2,1-4H3,(H,40,47)/t24-,30+,31-,33-,34-,35+,36-,37+,39+/m0/s1. The van der Waals surface area contributed by atoms with Crippen molar-refractivity contribution in [1.82, 2.24) is 4.90 Å². The highest BCUT2D eigenvalue weighted by molar-refractivity contribution is 6.91. The van der Waals surface area contributed by atoms with Crippen molar-refractivity contribution < 1.29 is 49.3 Å². The third-order valence-electron chi connectivity index (χ3n) is 10.6. The summed E-state index contributed by atoms with van der Waals surface area (Å²) in [7, 11) is -0.603. The van der Waals surface area contributed by atoms with Gasteiger partial charge in [0, 0.05) is 18.8 Å². The third-order valence-corrected chi connectivity index (χ3v) is 15.0. The van der Waals surface area contributed by atoms with Gasteiger partial charge < -0.3 is 50.0 Å². The van der Waals surface area contributed by atoms with Crippen molar-refractivity contribution in [3.63, 3.8) is 0 Å². The van der Waals surface area contributed by atoms with Crippen LogP contribution in [0.3, 0.4) is 0 Å². The molecule has 0 saturated carbocycles. The molecule has 2 heterocycles. The van der Waals surface area contributed by atoms with Crippen LogP contribution in [0, 0.1) is 5.92 Å². The van der Waals surface area contributed by atoms with Crippen LogP contribution in [0.2, 0.25) is 18.6 Å². The minimum absolute atomic E-state index is 0.0645. The number of rotatable bonds is 14. The van der Waals surface area contributed by atoms with Gasteiger partial charge in [-0.1, -0.05) is 79.8 Å². The van der Waals surface area contributed by atoms with Gasteiger partial charge in [0.1, 0.15) is 24.1 Å². The van der Waals surface area contributed by atoms with Crippen molar-refractivity contribution in [2.45, 2.75) is 94.3 Å². The van der Waals surface area contributed by atoms with Crippen molar-refractivity contribution in [2.24, 2.45) is 5.92 Å². The number of aliphatic hydroxyl groups excluding tert-OH is 5. The third kappa shape index (κ3) is 9.09. The summed E-state index contributed by atoms with van der Waals surface area (Å²) in [5.41, 5.74) is 2.46. The fraction of sp³-hybridized carbons (Fsp3) is 0.487. The number of hydrogen-bond acceptors (Lipinski definition) is 10. The first-order chi connectivity index (χ1) is 24.8. The first-order valence-electron chi connectivity index (χ1n) is 17.8. The molecule has 2 fully saturated rings. The summed E-state index contributed by atoms with van der Waals surface area (Å²) < 4.78 is 17.3. The Bertz CT molecular complexity index is 1630. The fourth-order valence-corrected chi connectivity index (χ4v) is 11.8. The van der Waals surface area contributed by atoms with Crippen molar-refractivity contribution in [3.05, 3.63) is 90.0 Å². The molecule has 0 aromatic heterocycles. The van der Waals surface area contributed by atoms with E-state index in [0.717, 1.165) is 16.9 Å². The molecule has 3 aromatic rings. The lowest BCUT2D eigenvalue weighted by atomic mass is 9.95. The summed E-state index contributed by atoms with van der Waals surface area (Å²) in [4.78, 5) is 28.6. The number of ether oxygens (including phenoxy) is 3. The molecule has 0 unspecified atom stereocenters. The number of carbonyl (C=O) groups is 2. The Kier molecular flexibility index (Phi) is 13.3. The second-order valence-corrected chi connectivity index (χ2v) is 19.1. The summed E-state index contributed by atoms with van der Waals surface area (Å²) >= 11 is 0. The second kappa shape index (κ2) is 17.4.